The minimum atomic E-state index is -0.0730. The van der Waals surface area contributed by atoms with Crippen molar-refractivity contribution in [3.63, 3.8) is 0 Å². The van der Waals surface area contributed by atoms with E-state index in [4.69, 9.17) is 0 Å². The molecule has 0 amide bonds. The van der Waals surface area contributed by atoms with Gasteiger partial charge in [0.25, 0.3) is 0 Å². The molecule has 1 nitrogen and oxygen atoms in total. The number of hydrogen-bond donors (Lipinski definition) is 0. The average molecular weight is 462 g/mol. The molecule has 36 heavy (non-hydrogen) atoms. The first-order chi connectivity index (χ1) is 17.6. The zero-order valence-corrected chi connectivity index (χ0v) is 20.6. The Morgan fingerprint density at radius 1 is 0.472 bits per heavy atom. The number of para-hydroxylation sites is 1. The minimum absolute atomic E-state index is 0.0730. The summed E-state index contributed by atoms with van der Waals surface area (Å²) >= 11 is 0. The summed E-state index contributed by atoms with van der Waals surface area (Å²) in [5, 5.41) is 5.14. The summed E-state index contributed by atoms with van der Waals surface area (Å²) in [4.78, 5) is 2.38. The quantitative estimate of drug-likeness (QED) is 0.253. The molecule has 6 aromatic carbocycles. The van der Waals surface area contributed by atoms with Crippen molar-refractivity contribution < 1.29 is 0 Å². The molecule has 0 spiro atoms. The van der Waals surface area contributed by atoms with Crippen LogP contribution in [0.15, 0.2) is 127 Å². The molecule has 1 heteroatoms. The molecule has 0 fully saturated rings. The smallest absolute Gasteiger partial charge is 0.0468 e. The van der Waals surface area contributed by atoms with E-state index in [2.05, 4.69) is 146 Å². The maximum Gasteiger partial charge on any atom is 0.0468 e. The van der Waals surface area contributed by atoms with Crippen molar-refractivity contribution in [2.24, 2.45) is 0 Å². The standard InChI is InChI=1S/C35H27N/c1-35(2)32-21-17-25-11-8-9-15-30(25)34(32)31-20-19-29(23-33(31)35)36(27-13-4-3-5-14-27)28-18-16-24-10-6-7-12-26(24)22-28/h3-23H,1-2H3. The molecule has 6 aromatic rings. The minimum Gasteiger partial charge on any atom is -0.310 e. The van der Waals surface area contributed by atoms with Crippen LogP contribution in [-0.4, -0.2) is 0 Å². The van der Waals surface area contributed by atoms with Crippen LogP contribution in [0.5, 0.6) is 0 Å². The van der Waals surface area contributed by atoms with Gasteiger partial charge in [0.15, 0.2) is 0 Å². The first-order valence-electron chi connectivity index (χ1n) is 12.6. The highest BCUT2D eigenvalue weighted by molar-refractivity contribution is 6.03. The average Bonchev–Trinajstić information content (AvgIpc) is 3.16. The number of rotatable bonds is 3. The molecule has 1 aliphatic carbocycles. The molecular formula is C35H27N. The monoisotopic (exact) mass is 461 g/mol. The van der Waals surface area contributed by atoms with Gasteiger partial charge in [0.05, 0.1) is 0 Å². The predicted molar refractivity (Wildman–Crippen MR) is 154 cm³/mol. The first kappa shape index (κ1) is 21.0. The predicted octanol–water partition coefficient (Wildman–Crippen LogP) is 9.77. The van der Waals surface area contributed by atoms with Gasteiger partial charge >= 0.3 is 0 Å². The molecule has 0 bridgehead atoms. The third-order valence-corrected chi connectivity index (χ3v) is 7.81. The van der Waals surface area contributed by atoms with Crippen molar-refractivity contribution in [1.82, 2.24) is 0 Å². The summed E-state index contributed by atoms with van der Waals surface area (Å²) in [7, 11) is 0. The third-order valence-electron chi connectivity index (χ3n) is 7.81. The second-order valence-corrected chi connectivity index (χ2v) is 10.3. The zero-order valence-electron chi connectivity index (χ0n) is 20.6. The molecule has 0 saturated carbocycles. The van der Waals surface area contributed by atoms with Gasteiger partial charge in [-0.15, -0.1) is 0 Å². The summed E-state index contributed by atoms with van der Waals surface area (Å²) in [6.45, 7) is 4.72. The van der Waals surface area contributed by atoms with Gasteiger partial charge in [0.1, 0.15) is 0 Å². The second kappa shape index (κ2) is 7.83. The number of nitrogens with zero attached hydrogens (tertiary/aromatic N) is 1. The van der Waals surface area contributed by atoms with Crippen LogP contribution in [0.2, 0.25) is 0 Å². The van der Waals surface area contributed by atoms with Crippen LogP contribution in [0.25, 0.3) is 32.7 Å². The Bertz CT molecular complexity index is 1760. The lowest BCUT2D eigenvalue weighted by molar-refractivity contribution is 0.661. The van der Waals surface area contributed by atoms with Gasteiger partial charge in [0, 0.05) is 22.5 Å². The second-order valence-electron chi connectivity index (χ2n) is 10.3. The molecule has 0 aliphatic heterocycles. The Morgan fingerprint density at radius 3 is 1.94 bits per heavy atom. The molecule has 0 atom stereocenters. The fourth-order valence-corrected chi connectivity index (χ4v) is 5.97. The highest BCUT2D eigenvalue weighted by Crippen LogP contribution is 2.52. The summed E-state index contributed by atoms with van der Waals surface area (Å²) in [5.74, 6) is 0. The molecule has 7 rings (SSSR count). The van der Waals surface area contributed by atoms with E-state index >= 15 is 0 Å². The van der Waals surface area contributed by atoms with Gasteiger partial charge in [-0.05, 0) is 80.2 Å². The van der Waals surface area contributed by atoms with E-state index in [0.29, 0.717) is 0 Å². The fourth-order valence-electron chi connectivity index (χ4n) is 5.97. The molecular weight excluding hydrogens is 434 g/mol. The van der Waals surface area contributed by atoms with Gasteiger partial charge < -0.3 is 4.90 Å². The summed E-state index contributed by atoms with van der Waals surface area (Å²) in [6, 6.07) is 46.4. The lowest BCUT2D eigenvalue weighted by Crippen LogP contribution is -2.16. The van der Waals surface area contributed by atoms with Crippen LogP contribution in [0.3, 0.4) is 0 Å². The first-order valence-corrected chi connectivity index (χ1v) is 12.6. The van der Waals surface area contributed by atoms with Gasteiger partial charge in [0.2, 0.25) is 0 Å². The van der Waals surface area contributed by atoms with Crippen molar-refractivity contribution in [2.75, 3.05) is 4.90 Å². The van der Waals surface area contributed by atoms with E-state index in [1.54, 1.807) is 0 Å². The van der Waals surface area contributed by atoms with Crippen LogP contribution in [0, 0.1) is 0 Å². The number of fused-ring (bicyclic) bond motifs is 6. The van der Waals surface area contributed by atoms with Crippen molar-refractivity contribution >= 4 is 38.6 Å². The molecule has 0 radical (unpaired) electrons. The van der Waals surface area contributed by atoms with Crippen LogP contribution >= 0.6 is 0 Å². The van der Waals surface area contributed by atoms with Crippen molar-refractivity contribution in [3.8, 4) is 11.1 Å². The van der Waals surface area contributed by atoms with Gasteiger partial charge in [-0.25, -0.2) is 0 Å². The lowest BCUT2D eigenvalue weighted by atomic mass is 9.82. The highest BCUT2D eigenvalue weighted by Gasteiger charge is 2.37. The molecule has 0 aromatic heterocycles. The van der Waals surface area contributed by atoms with Crippen LogP contribution < -0.4 is 4.90 Å². The van der Waals surface area contributed by atoms with E-state index in [-0.39, 0.29) is 5.41 Å². The van der Waals surface area contributed by atoms with Crippen LogP contribution in [0.1, 0.15) is 25.0 Å². The maximum atomic E-state index is 2.41. The van der Waals surface area contributed by atoms with E-state index in [9.17, 15) is 0 Å². The topological polar surface area (TPSA) is 3.24 Å². The molecule has 0 unspecified atom stereocenters. The third kappa shape index (κ3) is 3.09. The Labute approximate surface area is 212 Å². The maximum absolute atomic E-state index is 2.41. The van der Waals surface area contributed by atoms with Gasteiger partial charge in [-0.1, -0.05) is 105 Å². The van der Waals surface area contributed by atoms with Gasteiger partial charge in [-0.2, -0.15) is 0 Å². The van der Waals surface area contributed by atoms with Gasteiger partial charge in [-0.3, -0.25) is 0 Å². The van der Waals surface area contributed by atoms with E-state index in [1.807, 2.05) is 0 Å². The Morgan fingerprint density at radius 2 is 1.11 bits per heavy atom. The number of hydrogen-bond acceptors (Lipinski definition) is 1. The van der Waals surface area contributed by atoms with Crippen molar-refractivity contribution in [3.05, 3.63) is 139 Å². The zero-order chi connectivity index (χ0) is 24.3. The number of benzene rings is 6. The molecule has 0 saturated heterocycles. The fraction of sp³-hybridized carbons (Fsp3) is 0.0857. The molecule has 172 valence electrons. The van der Waals surface area contributed by atoms with Crippen molar-refractivity contribution in [1.29, 1.82) is 0 Å². The molecule has 0 heterocycles. The molecule has 1 aliphatic rings. The lowest BCUT2D eigenvalue weighted by Gasteiger charge is -2.28. The summed E-state index contributed by atoms with van der Waals surface area (Å²) in [6.07, 6.45) is 0. The van der Waals surface area contributed by atoms with Crippen LogP contribution in [-0.2, 0) is 5.41 Å². The van der Waals surface area contributed by atoms with E-state index in [1.165, 1.54) is 55.2 Å². The Hall–Kier alpha value is -4.36. The SMILES string of the molecule is CC1(C)c2cc(N(c3ccccc3)c3ccc4ccccc4c3)ccc2-c2c1ccc1ccccc21. The normalized spacial score (nSPS) is 13.5. The van der Waals surface area contributed by atoms with Crippen LogP contribution in [0.4, 0.5) is 17.1 Å². The largest absolute Gasteiger partial charge is 0.310 e. The summed E-state index contributed by atoms with van der Waals surface area (Å²) in [5.41, 5.74) is 8.96. The summed E-state index contributed by atoms with van der Waals surface area (Å²) < 4.78 is 0. The number of anilines is 3. The Balaban J connectivity index is 1.45. The van der Waals surface area contributed by atoms with E-state index in [0.717, 1.165) is 5.69 Å². The van der Waals surface area contributed by atoms with E-state index < -0.39 is 0 Å². The Kier molecular flexibility index (Phi) is 4.56. The van der Waals surface area contributed by atoms with Crippen molar-refractivity contribution in [2.45, 2.75) is 19.3 Å². The highest BCUT2D eigenvalue weighted by atomic mass is 15.1. The molecule has 0 N–H and O–H groups in total.